The summed E-state index contributed by atoms with van der Waals surface area (Å²) >= 11 is 0. The Morgan fingerprint density at radius 3 is 2.89 bits per heavy atom. The van der Waals surface area contributed by atoms with Crippen LogP contribution in [0.2, 0.25) is 0 Å². The van der Waals surface area contributed by atoms with Crippen LogP contribution in [0.1, 0.15) is 35.8 Å². The van der Waals surface area contributed by atoms with Crippen LogP contribution in [-0.4, -0.2) is 16.1 Å². The van der Waals surface area contributed by atoms with Crippen molar-refractivity contribution in [1.82, 2.24) is 14.9 Å². The summed E-state index contributed by atoms with van der Waals surface area (Å²) in [6.45, 7) is 5.41. The van der Waals surface area contributed by atoms with Gasteiger partial charge in [-0.3, -0.25) is 0 Å². The summed E-state index contributed by atoms with van der Waals surface area (Å²) in [6, 6.07) is 7.02. The van der Waals surface area contributed by atoms with E-state index in [1.54, 1.807) is 0 Å². The molecular weight excluding hydrogens is 234 g/mol. The molecule has 0 aliphatic carbocycles. The van der Waals surface area contributed by atoms with Crippen molar-refractivity contribution in [3.63, 3.8) is 0 Å². The zero-order valence-electron chi connectivity index (χ0n) is 11.9. The minimum atomic E-state index is 0.420. The summed E-state index contributed by atoms with van der Waals surface area (Å²) in [7, 11) is 2.12. The fraction of sp³-hybridized carbons (Fsp3) is 0.438. The molecule has 2 heterocycles. The van der Waals surface area contributed by atoms with Crippen molar-refractivity contribution in [2.45, 2.75) is 32.7 Å². The predicted octanol–water partition coefficient (Wildman–Crippen LogP) is 3.13. The lowest BCUT2D eigenvalue weighted by atomic mass is 10.0. The molecule has 3 rings (SSSR count). The van der Waals surface area contributed by atoms with Crippen LogP contribution in [-0.2, 0) is 7.05 Å². The number of hydrogen-bond donors (Lipinski definition) is 1. The highest BCUT2D eigenvalue weighted by molar-refractivity contribution is 5.64. The maximum absolute atomic E-state index is 4.65. The number of rotatable bonds is 2. The number of aryl methyl sites for hydroxylation is 2. The third kappa shape index (κ3) is 2.19. The quantitative estimate of drug-likeness (QED) is 0.893. The van der Waals surface area contributed by atoms with Gasteiger partial charge >= 0.3 is 0 Å². The highest BCUT2D eigenvalue weighted by Crippen LogP contribution is 2.29. The molecule has 1 aromatic carbocycles. The molecule has 100 valence electrons. The molecule has 1 aromatic heterocycles. The van der Waals surface area contributed by atoms with E-state index >= 15 is 0 Å². The number of nitrogens with zero attached hydrogens (tertiary/aromatic N) is 2. The zero-order chi connectivity index (χ0) is 13.4. The second-order valence-electron chi connectivity index (χ2n) is 5.53. The van der Waals surface area contributed by atoms with E-state index < -0.39 is 0 Å². The summed E-state index contributed by atoms with van der Waals surface area (Å²) in [6.07, 6.45) is 4.45. The van der Waals surface area contributed by atoms with Crippen LogP contribution < -0.4 is 5.32 Å². The Kier molecular flexibility index (Phi) is 3.15. The van der Waals surface area contributed by atoms with Gasteiger partial charge in [-0.1, -0.05) is 17.7 Å². The van der Waals surface area contributed by atoms with Crippen molar-refractivity contribution in [2.24, 2.45) is 7.05 Å². The summed E-state index contributed by atoms with van der Waals surface area (Å²) in [5.74, 6) is 1.16. The maximum Gasteiger partial charge on any atom is 0.126 e. The Balaban J connectivity index is 2.04. The molecule has 3 heteroatoms. The van der Waals surface area contributed by atoms with Gasteiger partial charge in [0, 0.05) is 12.6 Å². The number of imidazole rings is 1. The first-order chi connectivity index (χ1) is 9.16. The smallest absolute Gasteiger partial charge is 0.126 e. The van der Waals surface area contributed by atoms with Crippen LogP contribution in [0.4, 0.5) is 0 Å². The first kappa shape index (κ1) is 12.4. The molecule has 1 saturated heterocycles. The van der Waals surface area contributed by atoms with Crippen molar-refractivity contribution < 1.29 is 0 Å². The first-order valence-electron chi connectivity index (χ1n) is 6.99. The number of hydrogen-bond acceptors (Lipinski definition) is 2. The van der Waals surface area contributed by atoms with Gasteiger partial charge in [0.2, 0.25) is 0 Å². The van der Waals surface area contributed by atoms with Crippen LogP contribution in [0.15, 0.2) is 24.4 Å². The van der Waals surface area contributed by atoms with Gasteiger partial charge in [0.1, 0.15) is 5.82 Å². The fourth-order valence-corrected chi connectivity index (χ4v) is 2.91. The van der Waals surface area contributed by atoms with E-state index in [2.05, 4.69) is 54.0 Å². The lowest BCUT2D eigenvalue weighted by Gasteiger charge is -2.13. The Labute approximate surface area is 114 Å². The standard InChI is InChI=1S/C16H21N3/c1-11-6-7-12(2)13(9-11)15-10-18-16(19(15)3)14-5-4-8-17-14/h6-7,9-10,14,17H,4-5,8H2,1-3H3. The lowest BCUT2D eigenvalue weighted by Crippen LogP contribution is -2.17. The van der Waals surface area contributed by atoms with Crippen LogP contribution in [0.3, 0.4) is 0 Å². The summed E-state index contributed by atoms with van der Waals surface area (Å²) < 4.78 is 2.24. The molecule has 0 bridgehead atoms. The molecule has 0 spiro atoms. The Morgan fingerprint density at radius 1 is 1.32 bits per heavy atom. The number of nitrogens with one attached hydrogen (secondary N) is 1. The van der Waals surface area contributed by atoms with Gasteiger partial charge in [-0.15, -0.1) is 0 Å². The molecule has 1 unspecified atom stereocenters. The Hall–Kier alpha value is -1.61. The molecule has 0 amide bonds. The van der Waals surface area contributed by atoms with E-state index in [-0.39, 0.29) is 0 Å². The van der Waals surface area contributed by atoms with E-state index in [0.717, 1.165) is 12.4 Å². The van der Waals surface area contributed by atoms with Crippen LogP contribution in [0, 0.1) is 13.8 Å². The second kappa shape index (κ2) is 4.82. The predicted molar refractivity (Wildman–Crippen MR) is 78.1 cm³/mol. The molecule has 2 aromatic rings. The van der Waals surface area contributed by atoms with E-state index in [1.807, 2.05) is 6.20 Å². The minimum Gasteiger partial charge on any atom is -0.330 e. The summed E-state index contributed by atoms with van der Waals surface area (Å²) in [5.41, 5.74) is 5.10. The molecule has 1 fully saturated rings. The van der Waals surface area contributed by atoms with Crippen molar-refractivity contribution in [3.05, 3.63) is 41.3 Å². The van der Waals surface area contributed by atoms with Crippen LogP contribution >= 0.6 is 0 Å². The normalized spacial score (nSPS) is 19.0. The molecule has 1 atom stereocenters. The number of benzene rings is 1. The SMILES string of the molecule is Cc1ccc(C)c(-c2cnc(C3CCCN3)n2C)c1. The third-order valence-corrected chi connectivity index (χ3v) is 4.07. The fourth-order valence-electron chi connectivity index (χ4n) is 2.91. The molecule has 1 aliphatic heterocycles. The Bertz CT molecular complexity index is 592. The third-order valence-electron chi connectivity index (χ3n) is 4.07. The average molecular weight is 255 g/mol. The average Bonchev–Trinajstić information content (AvgIpc) is 3.01. The molecule has 0 radical (unpaired) electrons. The van der Waals surface area contributed by atoms with E-state index in [0.29, 0.717) is 6.04 Å². The molecule has 19 heavy (non-hydrogen) atoms. The highest BCUT2D eigenvalue weighted by atomic mass is 15.1. The van der Waals surface area contributed by atoms with Gasteiger partial charge in [-0.05, 0) is 44.9 Å². The zero-order valence-corrected chi connectivity index (χ0v) is 11.9. The van der Waals surface area contributed by atoms with Gasteiger partial charge in [0.15, 0.2) is 0 Å². The monoisotopic (exact) mass is 255 g/mol. The van der Waals surface area contributed by atoms with Crippen molar-refractivity contribution in [2.75, 3.05) is 6.54 Å². The topological polar surface area (TPSA) is 29.9 Å². The van der Waals surface area contributed by atoms with Gasteiger partial charge < -0.3 is 9.88 Å². The van der Waals surface area contributed by atoms with Gasteiger partial charge in [-0.25, -0.2) is 4.98 Å². The highest BCUT2D eigenvalue weighted by Gasteiger charge is 2.22. The van der Waals surface area contributed by atoms with Gasteiger partial charge in [0.05, 0.1) is 17.9 Å². The van der Waals surface area contributed by atoms with Gasteiger partial charge in [-0.2, -0.15) is 0 Å². The summed E-state index contributed by atoms with van der Waals surface area (Å²) in [4.78, 5) is 4.65. The van der Waals surface area contributed by atoms with Crippen molar-refractivity contribution in [1.29, 1.82) is 0 Å². The van der Waals surface area contributed by atoms with Crippen molar-refractivity contribution in [3.8, 4) is 11.3 Å². The number of aromatic nitrogens is 2. The molecule has 1 aliphatic rings. The molecule has 3 nitrogen and oxygen atoms in total. The minimum absolute atomic E-state index is 0.420. The van der Waals surface area contributed by atoms with Crippen LogP contribution in [0.5, 0.6) is 0 Å². The second-order valence-corrected chi connectivity index (χ2v) is 5.53. The van der Waals surface area contributed by atoms with Crippen LogP contribution in [0.25, 0.3) is 11.3 Å². The van der Waals surface area contributed by atoms with E-state index in [4.69, 9.17) is 0 Å². The maximum atomic E-state index is 4.65. The lowest BCUT2D eigenvalue weighted by molar-refractivity contribution is 0.581. The first-order valence-corrected chi connectivity index (χ1v) is 6.99. The van der Waals surface area contributed by atoms with E-state index in [1.165, 1.54) is 35.2 Å². The molecule has 1 N–H and O–H groups in total. The summed E-state index contributed by atoms with van der Waals surface area (Å²) in [5, 5.41) is 3.52. The Morgan fingerprint density at radius 2 is 2.16 bits per heavy atom. The molecule has 0 saturated carbocycles. The largest absolute Gasteiger partial charge is 0.330 e. The molecular formula is C16H21N3. The van der Waals surface area contributed by atoms with E-state index in [9.17, 15) is 0 Å². The van der Waals surface area contributed by atoms with Crippen molar-refractivity contribution >= 4 is 0 Å². The van der Waals surface area contributed by atoms with Gasteiger partial charge in [0.25, 0.3) is 0 Å².